The van der Waals surface area contributed by atoms with Crippen molar-refractivity contribution in [2.75, 3.05) is 0 Å². The van der Waals surface area contributed by atoms with Gasteiger partial charge in [-0.3, -0.25) is 0 Å². The van der Waals surface area contributed by atoms with Crippen molar-refractivity contribution in [1.82, 2.24) is 0 Å². The smallest absolute Gasteiger partial charge is 0.173 e. The van der Waals surface area contributed by atoms with Crippen LogP contribution in [0.5, 0.6) is 0 Å². The molecular weight excluding hydrogens is 145 g/mol. The Labute approximate surface area is 73.5 Å². The topological polar surface area (TPSA) is 49.8 Å². The molecule has 0 aromatic rings. The molecule has 0 aliphatic carbocycles. The summed E-state index contributed by atoms with van der Waals surface area (Å²) in [5.74, 6) is 0. The van der Waals surface area contributed by atoms with E-state index in [0.717, 1.165) is 0 Å². The number of nitrogens with two attached hydrogens (primary N) is 1. The van der Waals surface area contributed by atoms with E-state index in [4.69, 9.17) is 5.26 Å². The largest absolute Gasteiger partial charge is 0.337 e. The van der Waals surface area contributed by atoms with E-state index in [-0.39, 0.29) is 57.2 Å². The SMILES string of the molecule is N#CN.[Ca].[Zn]. The van der Waals surface area contributed by atoms with E-state index in [1.54, 1.807) is 0 Å². The fourth-order valence-corrected chi connectivity index (χ4v) is 0. The second kappa shape index (κ2) is 19.1. The standard InChI is InChI=1S/CH2N2.Ca.Zn/c2-1-3;;/h2H2;;. The average molecular weight is 148 g/mol. The molecule has 0 bridgehead atoms. The van der Waals surface area contributed by atoms with Crippen LogP contribution in [0.3, 0.4) is 0 Å². The molecule has 0 atom stereocenters. The summed E-state index contributed by atoms with van der Waals surface area (Å²) in [6.07, 6.45) is 1.25. The first kappa shape index (κ1) is 16.4. The third kappa shape index (κ3) is 37.8. The predicted octanol–water partition coefficient (Wildman–Crippen LogP) is -0.957. The van der Waals surface area contributed by atoms with Crippen LogP contribution < -0.4 is 5.73 Å². The molecule has 2 N–H and O–H groups in total. The van der Waals surface area contributed by atoms with Gasteiger partial charge in [0.25, 0.3) is 0 Å². The molecule has 2 radical (unpaired) electrons. The van der Waals surface area contributed by atoms with Crippen LogP contribution in [0.1, 0.15) is 0 Å². The quantitative estimate of drug-likeness (QED) is 0.273. The Hall–Kier alpha value is 1.17. The third-order valence-corrected chi connectivity index (χ3v) is 0. The van der Waals surface area contributed by atoms with Gasteiger partial charge in [-0.1, -0.05) is 0 Å². The first-order chi connectivity index (χ1) is 1.41. The Morgan fingerprint density at radius 3 is 1.60 bits per heavy atom. The molecular formula is CH2CaN2Zn. The number of nitriles is 1. The Kier molecular flexibility index (Phi) is 62.6. The van der Waals surface area contributed by atoms with Crippen LogP contribution >= 0.6 is 0 Å². The second-order valence-electron chi connectivity index (χ2n) is 0.129. The van der Waals surface area contributed by atoms with E-state index in [1.165, 1.54) is 6.19 Å². The molecule has 0 saturated heterocycles. The van der Waals surface area contributed by atoms with Crippen LogP contribution in [0, 0.1) is 11.5 Å². The van der Waals surface area contributed by atoms with Crippen molar-refractivity contribution < 1.29 is 19.5 Å². The van der Waals surface area contributed by atoms with Crippen LogP contribution in [-0.4, -0.2) is 37.7 Å². The summed E-state index contributed by atoms with van der Waals surface area (Å²) in [4.78, 5) is 0. The summed E-state index contributed by atoms with van der Waals surface area (Å²) < 4.78 is 0. The van der Waals surface area contributed by atoms with Gasteiger partial charge in [-0.2, -0.15) is 5.26 Å². The van der Waals surface area contributed by atoms with Crippen LogP contribution in [0.25, 0.3) is 0 Å². The fraction of sp³-hybridized carbons (Fsp3) is 0. The number of hydrogen-bond donors (Lipinski definition) is 1. The molecule has 20 valence electrons. The van der Waals surface area contributed by atoms with Crippen LogP contribution in [0.4, 0.5) is 0 Å². The molecule has 2 nitrogen and oxygen atoms in total. The van der Waals surface area contributed by atoms with E-state index >= 15 is 0 Å². The molecule has 0 fully saturated rings. The molecule has 0 saturated carbocycles. The molecule has 0 aromatic heterocycles. The second-order valence-corrected chi connectivity index (χ2v) is 0.129. The molecule has 0 heterocycles. The van der Waals surface area contributed by atoms with Gasteiger partial charge in [-0.25, -0.2) is 0 Å². The van der Waals surface area contributed by atoms with Gasteiger partial charge in [0.15, 0.2) is 6.19 Å². The Morgan fingerprint density at radius 2 is 1.60 bits per heavy atom. The number of hydrogen-bond acceptors (Lipinski definition) is 2. The van der Waals surface area contributed by atoms with E-state index in [0.29, 0.717) is 0 Å². The zero-order valence-electron chi connectivity index (χ0n) is 2.94. The van der Waals surface area contributed by atoms with E-state index in [9.17, 15) is 0 Å². The van der Waals surface area contributed by atoms with Crippen molar-refractivity contribution in [2.24, 2.45) is 5.73 Å². The molecule has 0 spiro atoms. The summed E-state index contributed by atoms with van der Waals surface area (Å²) in [6, 6.07) is 0. The summed E-state index contributed by atoms with van der Waals surface area (Å²) >= 11 is 0. The molecule has 0 amide bonds. The minimum Gasteiger partial charge on any atom is -0.337 e. The van der Waals surface area contributed by atoms with Crippen molar-refractivity contribution in [2.45, 2.75) is 0 Å². The summed E-state index contributed by atoms with van der Waals surface area (Å²) in [7, 11) is 0. The van der Waals surface area contributed by atoms with Crippen LogP contribution in [-0.2, 0) is 19.5 Å². The Bertz CT molecular complexity index is 31.1. The van der Waals surface area contributed by atoms with Gasteiger partial charge in [-0.05, 0) is 0 Å². The minimum absolute atomic E-state index is 0. The van der Waals surface area contributed by atoms with Gasteiger partial charge in [0.05, 0.1) is 0 Å². The molecule has 4 heteroatoms. The van der Waals surface area contributed by atoms with Crippen molar-refractivity contribution in [3.63, 3.8) is 0 Å². The minimum atomic E-state index is 0. The third-order valence-electron chi connectivity index (χ3n) is 0. The maximum Gasteiger partial charge on any atom is 0.173 e. The first-order valence-corrected chi connectivity index (χ1v) is 0.512. The predicted molar refractivity (Wildman–Crippen MR) is 15.6 cm³/mol. The maximum atomic E-state index is 7.10. The molecule has 0 aliphatic heterocycles. The molecule has 0 aliphatic rings. The summed E-state index contributed by atoms with van der Waals surface area (Å²) in [5, 5.41) is 7.10. The summed E-state index contributed by atoms with van der Waals surface area (Å²) in [5.41, 5.74) is 4.15. The van der Waals surface area contributed by atoms with Crippen LogP contribution in [0.15, 0.2) is 0 Å². The first-order valence-electron chi connectivity index (χ1n) is 0.512. The van der Waals surface area contributed by atoms with Crippen molar-refractivity contribution in [1.29, 1.82) is 5.26 Å². The van der Waals surface area contributed by atoms with Crippen molar-refractivity contribution >= 4 is 37.7 Å². The Balaban J connectivity index is -0.0000000200. The Morgan fingerprint density at radius 1 is 1.60 bits per heavy atom. The van der Waals surface area contributed by atoms with Gasteiger partial charge < -0.3 is 5.73 Å². The molecule has 0 unspecified atom stereocenters. The molecule has 5 heavy (non-hydrogen) atoms. The maximum absolute atomic E-state index is 7.10. The summed E-state index contributed by atoms with van der Waals surface area (Å²) in [6.45, 7) is 0. The molecule has 0 rings (SSSR count). The van der Waals surface area contributed by atoms with Gasteiger partial charge in [0, 0.05) is 57.2 Å². The van der Waals surface area contributed by atoms with Gasteiger partial charge in [0.1, 0.15) is 0 Å². The van der Waals surface area contributed by atoms with Gasteiger partial charge >= 0.3 is 0 Å². The van der Waals surface area contributed by atoms with Crippen molar-refractivity contribution in [3.05, 3.63) is 0 Å². The van der Waals surface area contributed by atoms with Crippen molar-refractivity contribution in [3.8, 4) is 6.19 Å². The monoisotopic (exact) mass is 146 g/mol. The zero-order valence-corrected chi connectivity index (χ0v) is 8.11. The van der Waals surface area contributed by atoms with Gasteiger partial charge in [0.2, 0.25) is 0 Å². The normalized spacial score (nSPS) is 1.40. The van der Waals surface area contributed by atoms with Gasteiger partial charge in [-0.15, -0.1) is 0 Å². The fourth-order valence-electron chi connectivity index (χ4n) is 0. The zero-order chi connectivity index (χ0) is 2.71. The van der Waals surface area contributed by atoms with E-state index in [1.807, 2.05) is 0 Å². The number of nitrogens with zero attached hydrogens (tertiary/aromatic N) is 1. The van der Waals surface area contributed by atoms with E-state index in [2.05, 4.69) is 5.73 Å². The van der Waals surface area contributed by atoms with Crippen LogP contribution in [0.2, 0.25) is 0 Å². The number of rotatable bonds is 0. The van der Waals surface area contributed by atoms with E-state index < -0.39 is 0 Å². The molecule has 0 aromatic carbocycles. The average Bonchev–Trinajstić information content (AvgIpc) is 0.918.